The zero-order chi connectivity index (χ0) is 12.0. The minimum absolute atomic E-state index is 0.391. The average molecular weight is 216 g/mol. The van der Waals surface area contributed by atoms with Gasteiger partial charge in [0.1, 0.15) is 0 Å². The Balaban J connectivity index is 2.38. The Hall–Kier alpha value is -0.780. The molecule has 1 aliphatic rings. The van der Waals surface area contributed by atoms with E-state index in [0.717, 1.165) is 0 Å². The highest BCUT2D eigenvalue weighted by atomic mass is 14.6. The first-order valence-corrected chi connectivity index (χ1v) is 6.47. The van der Waals surface area contributed by atoms with E-state index < -0.39 is 0 Å². The normalized spacial score (nSPS) is 18.9. The van der Waals surface area contributed by atoms with E-state index in [2.05, 4.69) is 58.9 Å². The fourth-order valence-corrected chi connectivity index (χ4v) is 2.79. The van der Waals surface area contributed by atoms with Crippen LogP contribution in [0.4, 0.5) is 0 Å². The van der Waals surface area contributed by atoms with Crippen molar-refractivity contribution in [1.82, 2.24) is 0 Å². The Morgan fingerprint density at radius 1 is 1.12 bits per heavy atom. The third-order valence-corrected chi connectivity index (χ3v) is 4.29. The summed E-state index contributed by atoms with van der Waals surface area (Å²) < 4.78 is 0. The third-order valence-electron chi connectivity index (χ3n) is 4.29. The predicted molar refractivity (Wildman–Crippen MR) is 70.9 cm³/mol. The van der Waals surface area contributed by atoms with Gasteiger partial charge in [-0.3, -0.25) is 0 Å². The standard InChI is InChI=1S/C16H24/c1-12(2)13-7-6-8-14(11-13)16(9-10-16)15(3,4)5/h6-8,11-12H,9-10H2,1-5H3. The highest BCUT2D eigenvalue weighted by Gasteiger charge is 2.52. The van der Waals surface area contributed by atoms with Gasteiger partial charge in [0, 0.05) is 5.41 Å². The molecule has 0 atom stereocenters. The molecule has 88 valence electrons. The van der Waals surface area contributed by atoms with Crippen molar-refractivity contribution >= 4 is 0 Å². The van der Waals surface area contributed by atoms with Crippen LogP contribution in [0.3, 0.4) is 0 Å². The largest absolute Gasteiger partial charge is 0.0617 e. The second-order valence-corrected chi connectivity index (χ2v) is 6.61. The lowest BCUT2D eigenvalue weighted by atomic mass is 9.73. The van der Waals surface area contributed by atoms with E-state index in [4.69, 9.17) is 0 Å². The maximum atomic E-state index is 2.43. The molecule has 1 aromatic rings. The maximum absolute atomic E-state index is 2.43. The summed E-state index contributed by atoms with van der Waals surface area (Å²) in [6.07, 6.45) is 2.72. The molecule has 1 fully saturated rings. The molecule has 0 amide bonds. The molecular weight excluding hydrogens is 192 g/mol. The summed E-state index contributed by atoms with van der Waals surface area (Å²) in [5, 5.41) is 0. The summed E-state index contributed by atoms with van der Waals surface area (Å²) in [5.41, 5.74) is 3.89. The minimum Gasteiger partial charge on any atom is -0.0617 e. The fourth-order valence-electron chi connectivity index (χ4n) is 2.79. The van der Waals surface area contributed by atoms with Crippen molar-refractivity contribution in [3.8, 4) is 0 Å². The molecule has 0 heterocycles. The second-order valence-electron chi connectivity index (χ2n) is 6.61. The SMILES string of the molecule is CC(C)c1cccc(C2(C(C)(C)C)CC2)c1. The van der Waals surface area contributed by atoms with Crippen molar-refractivity contribution < 1.29 is 0 Å². The van der Waals surface area contributed by atoms with E-state index in [0.29, 0.717) is 16.7 Å². The van der Waals surface area contributed by atoms with Gasteiger partial charge in [0.25, 0.3) is 0 Å². The van der Waals surface area contributed by atoms with Gasteiger partial charge < -0.3 is 0 Å². The van der Waals surface area contributed by atoms with Crippen LogP contribution in [-0.4, -0.2) is 0 Å². The molecule has 0 nitrogen and oxygen atoms in total. The van der Waals surface area contributed by atoms with Crippen molar-refractivity contribution in [1.29, 1.82) is 0 Å². The number of hydrogen-bond acceptors (Lipinski definition) is 0. The summed E-state index contributed by atoms with van der Waals surface area (Å²) in [6.45, 7) is 11.7. The van der Waals surface area contributed by atoms with E-state index in [9.17, 15) is 0 Å². The van der Waals surface area contributed by atoms with Gasteiger partial charge in [0.15, 0.2) is 0 Å². The molecule has 0 bridgehead atoms. The summed E-state index contributed by atoms with van der Waals surface area (Å²) in [4.78, 5) is 0. The zero-order valence-electron chi connectivity index (χ0n) is 11.3. The molecule has 0 heteroatoms. The zero-order valence-corrected chi connectivity index (χ0v) is 11.3. The number of rotatable bonds is 2. The molecule has 0 aliphatic heterocycles. The summed E-state index contributed by atoms with van der Waals surface area (Å²) in [7, 11) is 0. The van der Waals surface area contributed by atoms with Gasteiger partial charge in [-0.15, -0.1) is 0 Å². The monoisotopic (exact) mass is 216 g/mol. The van der Waals surface area contributed by atoms with Crippen molar-refractivity contribution in [2.24, 2.45) is 5.41 Å². The first-order chi connectivity index (χ1) is 7.37. The van der Waals surface area contributed by atoms with E-state index in [-0.39, 0.29) is 0 Å². The summed E-state index contributed by atoms with van der Waals surface area (Å²) in [6, 6.07) is 9.25. The van der Waals surface area contributed by atoms with Crippen LogP contribution in [-0.2, 0) is 5.41 Å². The molecule has 0 radical (unpaired) electrons. The highest BCUT2D eigenvalue weighted by molar-refractivity contribution is 5.37. The Bertz CT molecular complexity index is 375. The van der Waals surface area contributed by atoms with Gasteiger partial charge in [0.2, 0.25) is 0 Å². The molecule has 1 aromatic carbocycles. The number of benzene rings is 1. The summed E-state index contributed by atoms with van der Waals surface area (Å²) in [5.74, 6) is 0.635. The van der Waals surface area contributed by atoms with Crippen LogP contribution in [0.15, 0.2) is 24.3 Å². The van der Waals surface area contributed by atoms with Gasteiger partial charge in [-0.05, 0) is 35.3 Å². The molecule has 1 aliphatic carbocycles. The molecule has 0 spiro atoms. The van der Waals surface area contributed by atoms with Crippen LogP contribution in [0.25, 0.3) is 0 Å². The summed E-state index contributed by atoms with van der Waals surface area (Å²) >= 11 is 0. The Kier molecular flexibility index (Phi) is 2.64. The van der Waals surface area contributed by atoms with E-state index in [1.54, 1.807) is 5.56 Å². The van der Waals surface area contributed by atoms with Gasteiger partial charge in [0.05, 0.1) is 0 Å². The van der Waals surface area contributed by atoms with Crippen LogP contribution >= 0.6 is 0 Å². The molecule has 0 aromatic heterocycles. The predicted octanol–water partition coefficient (Wildman–Crippen LogP) is 4.89. The Morgan fingerprint density at radius 3 is 2.19 bits per heavy atom. The lowest BCUT2D eigenvalue weighted by molar-refractivity contribution is 0.298. The fraction of sp³-hybridized carbons (Fsp3) is 0.625. The maximum Gasteiger partial charge on any atom is 0.000223 e. The highest BCUT2D eigenvalue weighted by Crippen LogP contribution is 2.59. The smallest absolute Gasteiger partial charge is 0.000223 e. The first kappa shape index (κ1) is 11.7. The molecule has 1 saturated carbocycles. The van der Waals surface area contributed by atoms with Gasteiger partial charge in [-0.2, -0.15) is 0 Å². The third kappa shape index (κ3) is 1.79. The second kappa shape index (κ2) is 3.61. The van der Waals surface area contributed by atoms with Crippen molar-refractivity contribution in [3.63, 3.8) is 0 Å². The molecule has 0 unspecified atom stereocenters. The average Bonchev–Trinajstić information content (AvgIpc) is 2.97. The van der Waals surface area contributed by atoms with Crippen LogP contribution in [0.2, 0.25) is 0 Å². The first-order valence-electron chi connectivity index (χ1n) is 6.47. The molecule has 0 saturated heterocycles. The Labute approximate surface area is 100 Å². The van der Waals surface area contributed by atoms with Gasteiger partial charge in [-0.1, -0.05) is 58.9 Å². The van der Waals surface area contributed by atoms with Crippen LogP contribution in [0, 0.1) is 5.41 Å². The van der Waals surface area contributed by atoms with Crippen LogP contribution in [0.1, 0.15) is 64.5 Å². The van der Waals surface area contributed by atoms with Crippen LogP contribution in [0.5, 0.6) is 0 Å². The molecule has 2 rings (SSSR count). The molecular formula is C16H24. The molecule has 0 N–H and O–H groups in total. The van der Waals surface area contributed by atoms with Gasteiger partial charge >= 0.3 is 0 Å². The van der Waals surface area contributed by atoms with E-state index in [1.807, 2.05) is 0 Å². The molecule has 16 heavy (non-hydrogen) atoms. The topological polar surface area (TPSA) is 0 Å². The van der Waals surface area contributed by atoms with Crippen molar-refractivity contribution in [2.45, 2.75) is 58.8 Å². The minimum atomic E-state index is 0.391. The van der Waals surface area contributed by atoms with Crippen LogP contribution < -0.4 is 0 Å². The quantitative estimate of drug-likeness (QED) is 0.660. The van der Waals surface area contributed by atoms with E-state index in [1.165, 1.54) is 18.4 Å². The number of hydrogen-bond donors (Lipinski definition) is 0. The lowest BCUT2D eigenvalue weighted by Gasteiger charge is -2.32. The van der Waals surface area contributed by atoms with Crippen molar-refractivity contribution in [2.75, 3.05) is 0 Å². The van der Waals surface area contributed by atoms with Crippen molar-refractivity contribution in [3.05, 3.63) is 35.4 Å². The van der Waals surface area contributed by atoms with E-state index >= 15 is 0 Å². The Morgan fingerprint density at radius 2 is 1.75 bits per heavy atom. The lowest BCUT2D eigenvalue weighted by Crippen LogP contribution is -2.26. The van der Waals surface area contributed by atoms with Gasteiger partial charge in [-0.25, -0.2) is 0 Å².